The van der Waals surface area contributed by atoms with E-state index in [1.165, 1.54) is 11.1 Å². The second-order valence-corrected chi connectivity index (χ2v) is 4.49. The molecule has 1 saturated carbocycles. The monoisotopic (exact) mass is 207 g/mol. The standard InChI is InChI=1S/C11H10ClNO/c12-7-1-2-8-6(3-7)4-10-9(8)5-11(10)13-14/h1-3,9-10,14H,4-5H2. The van der Waals surface area contributed by atoms with Crippen molar-refractivity contribution in [1.29, 1.82) is 0 Å². The summed E-state index contributed by atoms with van der Waals surface area (Å²) in [5, 5.41) is 12.9. The fourth-order valence-electron chi connectivity index (χ4n) is 2.64. The first-order valence-corrected chi connectivity index (χ1v) is 5.16. The molecule has 0 amide bonds. The van der Waals surface area contributed by atoms with Crippen molar-refractivity contribution in [2.45, 2.75) is 18.8 Å². The molecule has 0 heterocycles. The van der Waals surface area contributed by atoms with Crippen LogP contribution in [0.15, 0.2) is 23.4 Å². The highest BCUT2D eigenvalue weighted by Gasteiger charge is 2.44. The summed E-state index contributed by atoms with van der Waals surface area (Å²) in [6.07, 6.45) is 1.90. The van der Waals surface area contributed by atoms with Crippen molar-refractivity contribution in [2.24, 2.45) is 11.1 Å². The molecule has 3 heteroatoms. The summed E-state index contributed by atoms with van der Waals surface area (Å²) in [5.41, 5.74) is 3.67. The second-order valence-electron chi connectivity index (χ2n) is 4.06. The smallest absolute Gasteiger partial charge is 0.0617 e. The SMILES string of the molecule is ON=C1CC2c3ccc(Cl)cc3CC12. The van der Waals surface area contributed by atoms with E-state index in [0.29, 0.717) is 11.8 Å². The summed E-state index contributed by atoms with van der Waals surface area (Å²) < 4.78 is 0. The van der Waals surface area contributed by atoms with Crippen LogP contribution in [0, 0.1) is 5.92 Å². The molecule has 1 aromatic rings. The maximum absolute atomic E-state index is 8.73. The lowest BCUT2D eigenvalue weighted by Gasteiger charge is -2.31. The van der Waals surface area contributed by atoms with Gasteiger partial charge in [0.1, 0.15) is 0 Å². The highest BCUT2D eigenvalue weighted by molar-refractivity contribution is 6.30. The van der Waals surface area contributed by atoms with E-state index in [-0.39, 0.29) is 0 Å². The van der Waals surface area contributed by atoms with Crippen molar-refractivity contribution in [3.05, 3.63) is 34.3 Å². The molecular formula is C11H10ClNO. The van der Waals surface area contributed by atoms with E-state index in [0.717, 1.165) is 23.6 Å². The van der Waals surface area contributed by atoms with E-state index in [4.69, 9.17) is 16.8 Å². The van der Waals surface area contributed by atoms with Crippen molar-refractivity contribution >= 4 is 17.3 Å². The maximum atomic E-state index is 8.73. The Morgan fingerprint density at radius 3 is 2.93 bits per heavy atom. The minimum absolute atomic E-state index is 0.438. The molecule has 1 N–H and O–H groups in total. The normalized spacial score (nSPS) is 31.1. The van der Waals surface area contributed by atoms with Gasteiger partial charge in [0, 0.05) is 10.9 Å². The van der Waals surface area contributed by atoms with Gasteiger partial charge in [0.15, 0.2) is 0 Å². The van der Waals surface area contributed by atoms with Gasteiger partial charge in [-0.05, 0) is 42.0 Å². The van der Waals surface area contributed by atoms with Crippen LogP contribution < -0.4 is 0 Å². The lowest BCUT2D eigenvalue weighted by Crippen LogP contribution is -2.32. The number of oxime groups is 1. The molecule has 2 aliphatic rings. The number of nitrogens with zero attached hydrogens (tertiary/aromatic N) is 1. The average molecular weight is 208 g/mol. The molecule has 2 atom stereocenters. The van der Waals surface area contributed by atoms with Crippen LogP contribution in [0.4, 0.5) is 0 Å². The van der Waals surface area contributed by atoms with Crippen LogP contribution in [0.5, 0.6) is 0 Å². The summed E-state index contributed by atoms with van der Waals surface area (Å²) in [4.78, 5) is 0. The summed E-state index contributed by atoms with van der Waals surface area (Å²) in [5.74, 6) is 1.02. The average Bonchev–Trinajstić information content (AvgIpc) is 2.41. The maximum Gasteiger partial charge on any atom is 0.0617 e. The molecule has 3 rings (SSSR count). The van der Waals surface area contributed by atoms with E-state index in [1.54, 1.807) is 0 Å². The summed E-state index contributed by atoms with van der Waals surface area (Å²) in [7, 11) is 0. The quantitative estimate of drug-likeness (QED) is 0.515. The van der Waals surface area contributed by atoms with Gasteiger partial charge in [-0.25, -0.2) is 0 Å². The zero-order valence-electron chi connectivity index (χ0n) is 7.57. The Bertz CT molecular complexity index is 427. The number of hydrogen-bond acceptors (Lipinski definition) is 2. The first-order chi connectivity index (χ1) is 6.79. The third kappa shape index (κ3) is 0.947. The van der Waals surface area contributed by atoms with Gasteiger partial charge in [0.25, 0.3) is 0 Å². The van der Waals surface area contributed by atoms with Gasteiger partial charge in [0.2, 0.25) is 0 Å². The fourth-order valence-corrected chi connectivity index (χ4v) is 2.84. The lowest BCUT2D eigenvalue weighted by atomic mass is 9.72. The van der Waals surface area contributed by atoms with Gasteiger partial charge < -0.3 is 5.21 Å². The van der Waals surface area contributed by atoms with Crippen LogP contribution in [0.3, 0.4) is 0 Å². The molecule has 14 heavy (non-hydrogen) atoms. The summed E-state index contributed by atoms with van der Waals surface area (Å²) in [6, 6.07) is 6.08. The summed E-state index contributed by atoms with van der Waals surface area (Å²) >= 11 is 5.93. The van der Waals surface area contributed by atoms with Crippen LogP contribution >= 0.6 is 11.6 Å². The molecule has 2 aliphatic carbocycles. The van der Waals surface area contributed by atoms with Crippen molar-refractivity contribution in [1.82, 2.24) is 0 Å². The van der Waals surface area contributed by atoms with E-state index in [9.17, 15) is 0 Å². The molecule has 2 unspecified atom stereocenters. The van der Waals surface area contributed by atoms with E-state index >= 15 is 0 Å². The zero-order chi connectivity index (χ0) is 9.71. The molecule has 0 bridgehead atoms. The van der Waals surface area contributed by atoms with Crippen LogP contribution in [0.1, 0.15) is 23.5 Å². The van der Waals surface area contributed by atoms with Gasteiger partial charge in [0.05, 0.1) is 5.71 Å². The molecule has 0 radical (unpaired) electrons. The Morgan fingerprint density at radius 2 is 2.14 bits per heavy atom. The number of benzene rings is 1. The Labute approximate surface area is 87.2 Å². The predicted octanol–water partition coefficient (Wildman–Crippen LogP) is 2.83. The van der Waals surface area contributed by atoms with Crippen LogP contribution in [0.25, 0.3) is 0 Å². The van der Waals surface area contributed by atoms with E-state index < -0.39 is 0 Å². The molecule has 1 fully saturated rings. The van der Waals surface area contributed by atoms with Gasteiger partial charge >= 0.3 is 0 Å². The van der Waals surface area contributed by atoms with Crippen LogP contribution in [-0.2, 0) is 6.42 Å². The van der Waals surface area contributed by atoms with Crippen molar-refractivity contribution in [2.75, 3.05) is 0 Å². The van der Waals surface area contributed by atoms with E-state index in [1.807, 2.05) is 12.1 Å². The molecule has 0 spiro atoms. The number of hydrogen-bond donors (Lipinski definition) is 1. The second kappa shape index (κ2) is 2.74. The number of rotatable bonds is 0. The van der Waals surface area contributed by atoms with Gasteiger partial charge in [-0.2, -0.15) is 0 Å². The molecular weight excluding hydrogens is 198 g/mol. The fraction of sp³-hybridized carbons (Fsp3) is 0.364. The molecule has 0 saturated heterocycles. The first kappa shape index (κ1) is 8.30. The number of fused-ring (bicyclic) bond motifs is 3. The minimum atomic E-state index is 0.438. The highest BCUT2D eigenvalue weighted by atomic mass is 35.5. The Kier molecular flexibility index (Phi) is 1.62. The van der Waals surface area contributed by atoms with Crippen molar-refractivity contribution in [3.8, 4) is 0 Å². The van der Waals surface area contributed by atoms with E-state index in [2.05, 4.69) is 11.2 Å². The van der Waals surface area contributed by atoms with Gasteiger partial charge in [-0.15, -0.1) is 0 Å². The first-order valence-electron chi connectivity index (χ1n) is 4.78. The van der Waals surface area contributed by atoms with Crippen LogP contribution in [0.2, 0.25) is 5.02 Å². The summed E-state index contributed by atoms with van der Waals surface area (Å²) in [6.45, 7) is 0. The lowest BCUT2D eigenvalue weighted by molar-refractivity contribution is 0.302. The molecule has 1 aromatic carbocycles. The largest absolute Gasteiger partial charge is 0.411 e. The third-order valence-corrected chi connectivity index (χ3v) is 3.65. The molecule has 72 valence electrons. The topological polar surface area (TPSA) is 32.6 Å². The Hall–Kier alpha value is -1.02. The van der Waals surface area contributed by atoms with Crippen molar-refractivity contribution < 1.29 is 5.21 Å². The minimum Gasteiger partial charge on any atom is -0.411 e. The molecule has 2 nitrogen and oxygen atoms in total. The number of halogens is 1. The molecule has 0 aliphatic heterocycles. The van der Waals surface area contributed by atoms with Crippen LogP contribution in [-0.4, -0.2) is 10.9 Å². The zero-order valence-corrected chi connectivity index (χ0v) is 8.33. The highest BCUT2D eigenvalue weighted by Crippen LogP contribution is 2.49. The Morgan fingerprint density at radius 1 is 1.29 bits per heavy atom. The third-order valence-electron chi connectivity index (χ3n) is 3.42. The van der Waals surface area contributed by atoms with Gasteiger partial charge in [-0.1, -0.05) is 22.8 Å². The molecule has 0 aromatic heterocycles. The predicted molar refractivity (Wildman–Crippen MR) is 55.2 cm³/mol. The van der Waals surface area contributed by atoms with Crippen molar-refractivity contribution in [3.63, 3.8) is 0 Å². The van der Waals surface area contributed by atoms with Gasteiger partial charge in [-0.3, -0.25) is 0 Å². The Balaban J connectivity index is 2.02.